The molecule has 0 spiro atoms. The Morgan fingerprint density at radius 1 is 1.19 bits per heavy atom. The maximum absolute atomic E-state index is 13.2. The number of nitrogens with zero attached hydrogens (tertiary/aromatic N) is 2. The summed E-state index contributed by atoms with van der Waals surface area (Å²) in [5.41, 5.74) is 2.25. The first-order chi connectivity index (χ1) is 12.9. The number of amides is 1. The Morgan fingerprint density at radius 3 is 2.59 bits per heavy atom. The Labute approximate surface area is 169 Å². The zero-order valence-electron chi connectivity index (χ0n) is 15.2. The first-order valence-corrected chi connectivity index (χ1v) is 9.55. The van der Waals surface area contributed by atoms with Gasteiger partial charge in [0.1, 0.15) is 6.10 Å². The second kappa shape index (κ2) is 8.31. The first-order valence-electron chi connectivity index (χ1n) is 8.80. The Hall–Kier alpha value is -2.06. The van der Waals surface area contributed by atoms with Crippen molar-refractivity contribution in [2.45, 2.75) is 32.5 Å². The highest BCUT2D eigenvalue weighted by Gasteiger charge is 2.37. The van der Waals surface area contributed by atoms with Gasteiger partial charge in [0.2, 0.25) is 0 Å². The molecule has 0 saturated heterocycles. The van der Waals surface area contributed by atoms with Crippen molar-refractivity contribution in [1.82, 2.24) is 0 Å². The molecule has 0 saturated carbocycles. The zero-order chi connectivity index (χ0) is 19.6. The molecule has 4 nitrogen and oxygen atoms in total. The minimum absolute atomic E-state index is 0.0316. The molecule has 1 aliphatic rings. The lowest BCUT2D eigenvalue weighted by Crippen LogP contribution is -2.41. The number of carbonyl (C=O) groups excluding carboxylic acids is 1. The molecule has 0 unspecified atom stereocenters. The summed E-state index contributed by atoms with van der Waals surface area (Å²) in [5, 5.41) is 10.3. The number of carbonyl (C=O) groups is 1. The number of ether oxygens (including phenoxy) is 1. The molecule has 140 valence electrons. The van der Waals surface area contributed by atoms with E-state index in [1.54, 1.807) is 23.1 Å². The van der Waals surface area contributed by atoms with Crippen LogP contribution in [0.3, 0.4) is 0 Å². The van der Waals surface area contributed by atoms with E-state index in [9.17, 15) is 10.1 Å². The van der Waals surface area contributed by atoms with E-state index in [1.165, 1.54) is 0 Å². The minimum atomic E-state index is -0.874. The van der Waals surface area contributed by atoms with Gasteiger partial charge in [0, 0.05) is 33.4 Å². The van der Waals surface area contributed by atoms with Crippen LogP contribution in [0.4, 0.5) is 5.69 Å². The summed E-state index contributed by atoms with van der Waals surface area (Å²) < 4.78 is 6.17. The van der Waals surface area contributed by atoms with Crippen LogP contribution in [0.1, 0.15) is 37.5 Å². The minimum Gasteiger partial charge on any atom is -0.354 e. The van der Waals surface area contributed by atoms with Crippen molar-refractivity contribution in [3.63, 3.8) is 0 Å². The number of halogens is 2. The van der Waals surface area contributed by atoms with Gasteiger partial charge in [-0.25, -0.2) is 0 Å². The Kier molecular flexibility index (Phi) is 6.06. The van der Waals surface area contributed by atoms with Crippen molar-refractivity contribution in [1.29, 1.82) is 5.26 Å². The summed E-state index contributed by atoms with van der Waals surface area (Å²) in [6.07, 6.45) is -1.50. The largest absolute Gasteiger partial charge is 0.354 e. The van der Waals surface area contributed by atoms with Crippen LogP contribution in [-0.4, -0.2) is 18.6 Å². The van der Waals surface area contributed by atoms with Crippen molar-refractivity contribution < 1.29 is 9.53 Å². The zero-order valence-corrected chi connectivity index (χ0v) is 16.7. The van der Waals surface area contributed by atoms with Gasteiger partial charge in [0.25, 0.3) is 5.91 Å². The average molecular weight is 403 g/mol. The van der Waals surface area contributed by atoms with Crippen molar-refractivity contribution in [2.24, 2.45) is 5.92 Å². The molecule has 2 aromatic carbocycles. The molecular weight excluding hydrogens is 383 g/mol. The van der Waals surface area contributed by atoms with Crippen molar-refractivity contribution in [3.8, 4) is 6.07 Å². The summed E-state index contributed by atoms with van der Waals surface area (Å²) in [4.78, 5) is 14.9. The third-order valence-corrected chi connectivity index (χ3v) is 5.00. The fourth-order valence-corrected chi connectivity index (χ4v) is 3.69. The quantitative estimate of drug-likeness (QED) is 0.688. The lowest BCUT2D eigenvalue weighted by Gasteiger charge is -2.26. The van der Waals surface area contributed by atoms with Crippen LogP contribution in [0.25, 0.3) is 0 Å². The molecule has 0 fully saturated rings. The molecule has 2 atom stereocenters. The molecule has 0 N–H and O–H groups in total. The third-order valence-electron chi connectivity index (χ3n) is 4.42. The number of rotatable bonds is 4. The normalized spacial score (nSPS) is 19.6. The number of benzene rings is 2. The van der Waals surface area contributed by atoms with E-state index >= 15 is 0 Å². The van der Waals surface area contributed by atoms with Gasteiger partial charge in [-0.3, -0.25) is 4.79 Å². The second-order valence-electron chi connectivity index (χ2n) is 6.93. The van der Waals surface area contributed by atoms with Gasteiger partial charge in [-0.05, 0) is 30.2 Å². The van der Waals surface area contributed by atoms with Gasteiger partial charge in [-0.15, -0.1) is 0 Å². The summed E-state index contributed by atoms with van der Waals surface area (Å²) in [5.74, 6) is 0.0282. The summed E-state index contributed by atoms with van der Waals surface area (Å²) in [6, 6.07) is 14.8. The van der Waals surface area contributed by atoms with Crippen LogP contribution >= 0.6 is 23.2 Å². The van der Waals surface area contributed by atoms with E-state index in [-0.39, 0.29) is 18.2 Å². The molecule has 1 amide bonds. The lowest BCUT2D eigenvalue weighted by atomic mass is 9.99. The maximum atomic E-state index is 13.2. The average Bonchev–Trinajstić information content (AvgIpc) is 2.73. The van der Waals surface area contributed by atoms with Crippen LogP contribution in [0.2, 0.25) is 10.0 Å². The highest BCUT2D eigenvalue weighted by Crippen LogP contribution is 2.41. The molecule has 1 heterocycles. The molecule has 1 aliphatic heterocycles. The van der Waals surface area contributed by atoms with Crippen LogP contribution in [0.5, 0.6) is 0 Å². The molecule has 27 heavy (non-hydrogen) atoms. The van der Waals surface area contributed by atoms with Crippen molar-refractivity contribution >= 4 is 34.8 Å². The third kappa shape index (κ3) is 4.11. The number of anilines is 1. The number of hydrogen-bond acceptors (Lipinski definition) is 3. The highest BCUT2D eigenvalue weighted by atomic mass is 35.5. The van der Waals surface area contributed by atoms with E-state index in [4.69, 9.17) is 27.9 Å². The van der Waals surface area contributed by atoms with Crippen LogP contribution < -0.4 is 4.90 Å². The van der Waals surface area contributed by atoms with Crippen LogP contribution in [0, 0.1) is 17.2 Å². The second-order valence-corrected chi connectivity index (χ2v) is 7.78. The van der Waals surface area contributed by atoms with E-state index in [0.717, 1.165) is 16.8 Å². The van der Waals surface area contributed by atoms with Gasteiger partial charge < -0.3 is 9.64 Å². The summed E-state index contributed by atoms with van der Waals surface area (Å²) in [6.45, 7) is 4.60. The number of nitriles is 1. The molecule has 3 rings (SSSR count). The summed E-state index contributed by atoms with van der Waals surface area (Å²) >= 11 is 12.7. The molecule has 0 bridgehead atoms. The molecule has 6 heteroatoms. The lowest BCUT2D eigenvalue weighted by molar-refractivity contribution is -0.131. The summed E-state index contributed by atoms with van der Waals surface area (Å²) in [7, 11) is 0. The molecule has 0 radical (unpaired) electrons. The van der Waals surface area contributed by atoms with Crippen molar-refractivity contribution in [2.75, 3.05) is 11.4 Å². The molecule has 0 aliphatic carbocycles. The van der Waals surface area contributed by atoms with Gasteiger partial charge >= 0.3 is 0 Å². The molecular formula is C21H20Cl2N2O2. The van der Waals surface area contributed by atoms with E-state index in [0.29, 0.717) is 16.6 Å². The number of fused-ring (bicyclic) bond motifs is 1. The molecule has 0 aromatic heterocycles. The van der Waals surface area contributed by atoms with Crippen LogP contribution in [0.15, 0.2) is 42.5 Å². The van der Waals surface area contributed by atoms with Gasteiger partial charge in [0.15, 0.2) is 6.10 Å². The molecule has 2 aromatic rings. The number of hydrogen-bond donors (Lipinski definition) is 0. The maximum Gasteiger partial charge on any atom is 0.257 e. The van der Waals surface area contributed by atoms with E-state index in [2.05, 4.69) is 6.07 Å². The van der Waals surface area contributed by atoms with Gasteiger partial charge in [0.05, 0.1) is 12.5 Å². The Morgan fingerprint density at radius 2 is 1.93 bits per heavy atom. The van der Waals surface area contributed by atoms with E-state index in [1.807, 2.05) is 38.1 Å². The fourth-order valence-electron chi connectivity index (χ4n) is 3.27. The predicted octanol–water partition coefficient (Wildman–Crippen LogP) is 5.38. The monoisotopic (exact) mass is 402 g/mol. The van der Waals surface area contributed by atoms with E-state index < -0.39 is 12.2 Å². The van der Waals surface area contributed by atoms with Gasteiger partial charge in [-0.2, -0.15) is 5.26 Å². The fraction of sp³-hybridized carbons (Fsp3) is 0.333. The predicted molar refractivity (Wildman–Crippen MR) is 107 cm³/mol. The first kappa shape index (κ1) is 19.7. The smallest absolute Gasteiger partial charge is 0.257 e. The Bertz CT molecular complexity index is 892. The highest BCUT2D eigenvalue weighted by molar-refractivity contribution is 6.31. The standard InChI is InChI=1S/C21H20Cl2N2O2/c1-13(2)12-25-18-8-7-14(22)11-16(18)20(15-5-3-4-6-17(15)23)27-19(9-10-24)21(25)26/h3-8,11,13,19-20H,9,12H2,1-2H3/t19-,20-/m0/s1. The van der Waals surface area contributed by atoms with Crippen molar-refractivity contribution in [3.05, 3.63) is 63.6 Å². The SMILES string of the molecule is CC(C)CN1C(=O)[C@H](CC#N)O[C@@H](c2ccccc2Cl)c2cc(Cl)ccc21. The van der Waals surface area contributed by atoms with Gasteiger partial charge in [-0.1, -0.05) is 55.2 Å². The topological polar surface area (TPSA) is 53.3 Å². The Balaban J connectivity index is 2.21. The van der Waals surface area contributed by atoms with Crippen LogP contribution in [-0.2, 0) is 9.53 Å².